The summed E-state index contributed by atoms with van der Waals surface area (Å²) in [7, 11) is -9.92. The lowest BCUT2D eigenvalue weighted by Gasteiger charge is -2.28. The summed E-state index contributed by atoms with van der Waals surface area (Å²) >= 11 is 0. The lowest BCUT2D eigenvalue weighted by Crippen LogP contribution is -2.20. The third kappa shape index (κ3) is 12.7. The summed E-state index contributed by atoms with van der Waals surface area (Å²) in [5, 5.41) is 0. The Morgan fingerprint density at radius 3 is 1.29 bits per heavy atom. The molecule has 0 bridgehead atoms. The molecule has 0 saturated heterocycles. The van der Waals surface area contributed by atoms with Crippen LogP contribution in [-0.2, 0) is 44.7 Å². The fourth-order valence-electron chi connectivity index (χ4n) is 3.19. The maximum Gasteiger partial charge on any atom is 0.424 e. The molecule has 0 radical (unpaired) electrons. The molecule has 252 valence electrons. The van der Waals surface area contributed by atoms with E-state index in [2.05, 4.69) is 27.9 Å². The van der Waals surface area contributed by atoms with E-state index in [0.717, 1.165) is 12.1 Å². The Kier molecular flexibility index (Phi) is 13.4. The molecule has 0 unspecified atom stereocenters. The van der Waals surface area contributed by atoms with Crippen molar-refractivity contribution in [2.45, 2.75) is 19.3 Å². The molecule has 2 aromatic rings. The first-order valence-corrected chi connectivity index (χ1v) is 14.4. The molecule has 0 heterocycles. The molecule has 22 heteroatoms. The van der Waals surface area contributed by atoms with Crippen LogP contribution in [0.5, 0.6) is 23.0 Å². The zero-order chi connectivity index (χ0) is 34.0. The molecule has 0 aliphatic carbocycles. The van der Waals surface area contributed by atoms with Gasteiger partial charge in [-0.1, -0.05) is 34.6 Å². The zero-order valence-corrected chi connectivity index (χ0v) is 24.3. The Labute approximate surface area is 251 Å². The second-order valence-electron chi connectivity index (χ2n) is 8.55. The molecular formula is C23H22F6O14S2. The molecule has 2 N–H and O–H groups in total. The second-order valence-corrected chi connectivity index (χ2v) is 10.5. The average molecular weight is 701 g/mol. The number of benzene rings is 2. The van der Waals surface area contributed by atoms with Crippen molar-refractivity contribution >= 4 is 20.8 Å². The Morgan fingerprint density at radius 2 is 0.978 bits per heavy atom. The van der Waals surface area contributed by atoms with Crippen molar-refractivity contribution < 1.29 is 89.7 Å². The summed E-state index contributed by atoms with van der Waals surface area (Å²) < 4.78 is 164. The van der Waals surface area contributed by atoms with E-state index >= 15 is 0 Å². The molecule has 0 fully saturated rings. The van der Waals surface area contributed by atoms with Crippen LogP contribution in [0.15, 0.2) is 60.6 Å². The van der Waals surface area contributed by atoms with Crippen molar-refractivity contribution in [3.05, 3.63) is 71.7 Å². The lowest BCUT2D eigenvalue weighted by molar-refractivity contribution is -0.211. The van der Waals surface area contributed by atoms with Crippen LogP contribution in [0.2, 0.25) is 0 Å². The maximum absolute atomic E-state index is 13.5. The standard InChI is InChI=1S/C23H22F6O14S2/c1-23(2,13-3-5-15(40-21(28)19(24)25)17(11-13)36-7-9-38-42-44(30,31)32)14-4-6-16(41-22(29)20(26)27)18(12-14)37-8-10-39-43-45(33,34)35/h3-6,11-12H,7-10H2,1-2H3,(H,30,31,32)(H,33,34,35). The van der Waals surface area contributed by atoms with Crippen LogP contribution < -0.4 is 18.9 Å². The van der Waals surface area contributed by atoms with Crippen molar-refractivity contribution in [2.24, 2.45) is 0 Å². The fourth-order valence-corrected chi connectivity index (χ4v) is 3.56. The Balaban J connectivity index is 2.43. The molecule has 0 saturated carbocycles. The first-order valence-electron chi connectivity index (χ1n) is 11.7. The number of halogens is 6. The Bertz CT molecular complexity index is 1490. The smallest absolute Gasteiger partial charge is 0.424 e. The van der Waals surface area contributed by atoms with Gasteiger partial charge in [-0.25, -0.2) is 9.78 Å². The van der Waals surface area contributed by atoms with Crippen LogP contribution in [-0.4, -0.2) is 52.4 Å². The van der Waals surface area contributed by atoms with E-state index in [0.29, 0.717) is 11.1 Å². The van der Waals surface area contributed by atoms with Gasteiger partial charge >= 0.3 is 45.0 Å². The van der Waals surface area contributed by atoms with E-state index in [1.165, 1.54) is 24.3 Å². The molecule has 0 aromatic heterocycles. The number of hydrogen-bond donors (Lipinski definition) is 2. The second kappa shape index (κ2) is 16.1. The topological polar surface area (TPSA) is 183 Å². The van der Waals surface area contributed by atoms with Gasteiger partial charge in [0.2, 0.25) is 0 Å². The number of hydrogen-bond acceptors (Lipinski definition) is 12. The van der Waals surface area contributed by atoms with E-state index in [4.69, 9.17) is 18.6 Å². The largest absolute Gasteiger partial charge is 0.487 e. The Morgan fingerprint density at radius 1 is 0.622 bits per heavy atom. The minimum atomic E-state index is -4.96. The third-order valence-corrected chi connectivity index (χ3v) is 5.68. The van der Waals surface area contributed by atoms with Gasteiger partial charge in [-0.3, -0.25) is 9.11 Å². The van der Waals surface area contributed by atoms with Crippen LogP contribution >= 0.6 is 0 Å². The highest BCUT2D eigenvalue weighted by Gasteiger charge is 2.27. The van der Waals surface area contributed by atoms with E-state index in [9.17, 15) is 43.2 Å². The van der Waals surface area contributed by atoms with E-state index in [1.807, 2.05) is 0 Å². The molecular weight excluding hydrogens is 678 g/mol. The van der Waals surface area contributed by atoms with Crippen molar-refractivity contribution in [2.75, 3.05) is 26.4 Å². The van der Waals surface area contributed by atoms with Crippen LogP contribution in [0, 0.1) is 0 Å². The maximum atomic E-state index is 13.5. The molecule has 2 aromatic carbocycles. The van der Waals surface area contributed by atoms with Gasteiger partial charge in [0, 0.05) is 5.41 Å². The summed E-state index contributed by atoms with van der Waals surface area (Å²) in [6.45, 7) is 0.792. The van der Waals surface area contributed by atoms with E-state index < -0.39 is 88.3 Å². The summed E-state index contributed by atoms with van der Waals surface area (Å²) in [6, 6.07) is 2.57. The SMILES string of the molecule is CC(C)(c1ccc(OC(F)=C(F)F)c(OCCOOS(=O)(=O)O)c1)c1ccc(OC(F)=C(F)F)c(OCCOOS(=O)(=O)O)c1. The normalized spacial score (nSPS) is 12.0. The zero-order valence-electron chi connectivity index (χ0n) is 22.7. The van der Waals surface area contributed by atoms with Crippen LogP contribution in [0.1, 0.15) is 25.0 Å². The molecule has 0 aliphatic rings. The molecule has 45 heavy (non-hydrogen) atoms. The lowest BCUT2D eigenvalue weighted by atomic mass is 9.78. The molecule has 0 atom stereocenters. The summed E-state index contributed by atoms with van der Waals surface area (Å²) in [5.41, 5.74) is -0.534. The van der Waals surface area contributed by atoms with Gasteiger partial charge in [-0.2, -0.15) is 43.2 Å². The van der Waals surface area contributed by atoms with E-state index in [1.54, 1.807) is 13.8 Å². The number of rotatable bonds is 18. The van der Waals surface area contributed by atoms with Crippen LogP contribution in [0.3, 0.4) is 0 Å². The van der Waals surface area contributed by atoms with Crippen molar-refractivity contribution in [3.8, 4) is 23.0 Å². The Hall–Kier alpha value is -3.64. The number of ether oxygens (including phenoxy) is 4. The molecule has 2 rings (SSSR count). The van der Waals surface area contributed by atoms with Gasteiger partial charge in [0.05, 0.1) is 0 Å². The van der Waals surface area contributed by atoms with Gasteiger partial charge < -0.3 is 18.9 Å². The van der Waals surface area contributed by atoms with Crippen molar-refractivity contribution in [3.63, 3.8) is 0 Å². The molecule has 14 nitrogen and oxygen atoms in total. The summed E-state index contributed by atoms with van der Waals surface area (Å²) in [4.78, 5) is 8.42. The molecule has 0 amide bonds. The van der Waals surface area contributed by atoms with Gasteiger partial charge in [0.25, 0.3) is 0 Å². The van der Waals surface area contributed by atoms with Crippen molar-refractivity contribution in [1.82, 2.24) is 0 Å². The van der Waals surface area contributed by atoms with Gasteiger partial charge in [-0.15, -0.1) is 0 Å². The van der Waals surface area contributed by atoms with Gasteiger partial charge in [0.1, 0.15) is 26.4 Å². The van der Waals surface area contributed by atoms with E-state index in [-0.39, 0.29) is 11.5 Å². The molecule has 0 aliphatic heterocycles. The summed E-state index contributed by atoms with van der Waals surface area (Å²) in [6.07, 6.45) is -5.59. The van der Waals surface area contributed by atoms with Gasteiger partial charge in [0.15, 0.2) is 23.0 Å². The predicted molar refractivity (Wildman–Crippen MR) is 135 cm³/mol. The average Bonchev–Trinajstić information content (AvgIpc) is 2.92. The monoisotopic (exact) mass is 700 g/mol. The third-order valence-electron chi connectivity index (χ3n) is 5.14. The quantitative estimate of drug-likeness (QED) is 0.0523. The summed E-state index contributed by atoms with van der Waals surface area (Å²) in [5.74, 6) is -1.87. The molecule has 0 spiro atoms. The van der Waals surface area contributed by atoms with Crippen LogP contribution in [0.4, 0.5) is 26.3 Å². The minimum Gasteiger partial charge on any atom is -0.487 e. The predicted octanol–water partition coefficient (Wildman–Crippen LogP) is 5.10. The van der Waals surface area contributed by atoms with Crippen molar-refractivity contribution in [1.29, 1.82) is 0 Å². The highest BCUT2D eigenvalue weighted by molar-refractivity contribution is 7.81. The highest BCUT2D eigenvalue weighted by atomic mass is 32.3. The van der Waals surface area contributed by atoms with Crippen LogP contribution in [0.25, 0.3) is 0 Å². The fraction of sp³-hybridized carbons (Fsp3) is 0.304. The highest BCUT2D eigenvalue weighted by Crippen LogP contribution is 2.41. The first-order chi connectivity index (χ1) is 20.8. The minimum absolute atomic E-state index is 0.301. The van der Waals surface area contributed by atoms with Gasteiger partial charge in [-0.05, 0) is 35.4 Å². The first kappa shape index (κ1) is 37.5.